The summed E-state index contributed by atoms with van der Waals surface area (Å²) >= 11 is 0. The summed E-state index contributed by atoms with van der Waals surface area (Å²) in [6.45, 7) is 2.50. The quantitative estimate of drug-likeness (QED) is 0.471. The van der Waals surface area contributed by atoms with Crippen LogP contribution in [0.3, 0.4) is 0 Å². The van der Waals surface area contributed by atoms with Crippen molar-refractivity contribution in [3.05, 3.63) is 60.4 Å². The molecule has 1 aliphatic rings. The van der Waals surface area contributed by atoms with Crippen LogP contribution in [0.2, 0.25) is 0 Å². The molecule has 0 aliphatic carbocycles. The highest BCUT2D eigenvalue weighted by Gasteiger charge is 2.16. The molecule has 0 unspecified atom stereocenters. The molecule has 0 spiro atoms. The lowest BCUT2D eigenvalue weighted by atomic mass is 10.1. The molecule has 1 aliphatic heterocycles. The summed E-state index contributed by atoms with van der Waals surface area (Å²) in [5, 5.41) is 10.4. The molecule has 0 radical (unpaired) electrons. The van der Waals surface area contributed by atoms with Gasteiger partial charge in [0.2, 0.25) is 0 Å². The molecule has 4 N–H and O–H groups in total. The summed E-state index contributed by atoms with van der Waals surface area (Å²) < 4.78 is 33.2. The molecule has 1 fully saturated rings. The van der Waals surface area contributed by atoms with Crippen molar-refractivity contribution in [2.24, 2.45) is 0 Å². The summed E-state index contributed by atoms with van der Waals surface area (Å²) in [4.78, 5) is 7.88. The second-order valence-corrected chi connectivity index (χ2v) is 6.71. The van der Waals surface area contributed by atoms with Crippen molar-refractivity contribution in [2.75, 3.05) is 18.8 Å². The summed E-state index contributed by atoms with van der Waals surface area (Å²) in [6.07, 6.45) is 4.06. The van der Waals surface area contributed by atoms with Gasteiger partial charge in [-0.1, -0.05) is 6.07 Å². The van der Waals surface area contributed by atoms with Crippen LogP contribution in [0.25, 0.3) is 22.3 Å². The first-order valence-electron chi connectivity index (χ1n) is 9.50. The molecular formula is C21H20F2N6O. The smallest absolute Gasteiger partial charge is 0.186 e. The van der Waals surface area contributed by atoms with E-state index in [1.807, 2.05) is 0 Å². The number of benzene rings is 2. The van der Waals surface area contributed by atoms with Crippen LogP contribution in [0.5, 0.6) is 11.5 Å². The Morgan fingerprint density at radius 2 is 1.77 bits per heavy atom. The van der Waals surface area contributed by atoms with E-state index >= 15 is 0 Å². The van der Waals surface area contributed by atoms with Crippen LogP contribution in [-0.2, 0) is 0 Å². The Bertz CT molecular complexity index is 1150. The van der Waals surface area contributed by atoms with Crippen LogP contribution in [-0.4, -0.2) is 33.3 Å². The maximum Gasteiger partial charge on any atom is 0.186 e. The standard InChI is InChI=1S/C17H11F2N5O.C4H9N/c18-9-2-1-3-10(6-9)25-11-4-5-12(13(19)7-11)15-14-16(20)21-8-22-17(14)24-23-15;1-2-4-5-3-1/h1-8H,(H3,20,21,22,23,24);5H,1-4H2. The van der Waals surface area contributed by atoms with Crippen LogP contribution in [0, 0.1) is 11.6 Å². The largest absolute Gasteiger partial charge is 0.457 e. The van der Waals surface area contributed by atoms with Crippen molar-refractivity contribution < 1.29 is 13.5 Å². The van der Waals surface area contributed by atoms with Crippen LogP contribution in [0.4, 0.5) is 14.6 Å². The Hall–Kier alpha value is -3.59. The summed E-state index contributed by atoms with van der Waals surface area (Å²) in [5.41, 5.74) is 6.81. The molecule has 9 heteroatoms. The van der Waals surface area contributed by atoms with Gasteiger partial charge < -0.3 is 15.8 Å². The van der Waals surface area contributed by atoms with Gasteiger partial charge in [-0.3, -0.25) is 5.10 Å². The number of aromatic nitrogens is 4. The highest BCUT2D eigenvalue weighted by molar-refractivity contribution is 5.97. The number of nitrogens with one attached hydrogen (secondary N) is 2. The minimum absolute atomic E-state index is 0.202. The number of ether oxygens (including phenoxy) is 1. The molecule has 0 amide bonds. The van der Waals surface area contributed by atoms with Crippen molar-refractivity contribution in [1.82, 2.24) is 25.5 Å². The van der Waals surface area contributed by atoms with Crippen LogP contribution in [0.15, 0.2) is 48.8 Å². The Balaban J connectivity index is 0.000000383. The van der Waals surface area contributed by atoms with E-state index in [1.54, 1.807) is 12.1 Å². The number of halogens is 2. The maximum atomic E-state index is 14.6. The molecule has 4 aromatic rings. The van der Waals surface area contributed by atoms with Gasteiger partial charge in [-0.2, -0.15) is 5.10 Å². The molecule has 2 aromatic heterocycles. The number of nitrogen functional groups attached to an aromatic ring is 1. The lowest BCUT2D eigenvalue weighted by Gasteiger charge is -2.08. The first-order valence-corrected chi connectivity index (χ1v) is 9.50. The van der Waals surface area contributed by atoms with E-state index in [-0.39, 0.29) is 22.9 Å². The molecule has 0 atom stereocenters. The van der Waals surface area contributed by atoms with E-state index in [9.17, 15) is 8.78 Å². The zero-order chi connectivity index (χ0) is 20.9. The first kappa shape index (κ1) is 19.7. The lowest BCUT2D eigenvalue weighted by molar-refractivity contribution is 0.471. The molecule has 2 aromatic carbocycles. The average molecular weight is 410 g/mol. The molecule has 154 valence electrons. The van der Waals surface area contributed by atoms with E-state index < -0.39 is 11.6 Å². The fraction of sp³-hybridized carbons (Fsp3) is 0.190. The maximum absolute atomic E-state index is 14.6. The average Bonchev–Trinajstić information content (AvgIpc) is 3.42. The molecule has 3 heterocycles. The third kappa shape index (κ3) is 4.36. The normalized spacial score (nSPS) is 13.1. The number of hydrogen-bond acceptors (Lipinski definition) is 6. The second kappa shape index (κ2) is 8.83. The number of anilines is 1. The summed E-state index contributed by atoms with van der Waals surface area (Å²) in [7, 11) is 0. The van der Waals surface area contributed by atoms with E-state index in [1.165, 1.54) is 62.6 Å². The first-order chi connectivity index (χ1) is 14.6. The van der Waals surface area contributed by atoms with Gasteiger partial charge in [0.1, 0.15) is 35.3 Å². The van der Waals surface area contributed by atoms with Crippen LogP contribution >= 0.6 is 0 Å². The van der Waals surface area contributed by atoms with Gasteiger partial charge in [0.05, 0.1) is 11.1 Å². The fourth-order valence-electron chi connectivity index (χ4n) is 3.13. The van der Waals surface area contributed by atoms with Crippen molar-refractivity contribution in [1.29, 1.82) is 0 Å². The van der Waals surface area contributed by atoms with Crippen molar-refractivity contribution >= 4 is 16.9 Å². The number of rotatable bonds is 3. The SMILES string of the molecule is C1CCNC1.Nc1ncnc2n[nH]c(-c3ccc(Oc4cccc(F)c4)cc3F)c12. The van der Waals surface area contributed by atoms with Gasteiger partial charge >= 0.3 is 0 Å². The number of nitrogens with two attached hydrogens (primary N) is 1. The second-order valence-electron chi connectivity index (χ2n) is 6.71. The van der Waals surface area contributed by atoms with Gasteiger partial charge in [0.25, 0.3) is 0 Å². The van der Waals surface area contributed by atoms with E-state index in [0.717, 1.165) is 0 Å². The van der Waals surface area contributed by atoms with E-state index in [2.05, 4.69) is 25.5 Å². The predicted molar refractivity (Wildman–Crippen MR) is 110 cm³/mol. The van der Waals surface area contributed by atoms with Gasteiger partial charge in [-0.25, -0.2) is 18.7 Å². The molecule has 1 saturated heterocycles. The number of fused-ring (bicyclic) bond motifs is 1. The number of nitrogens with zero attached hydrogens (tertiary/aromatic N) is 3. The third-order valence-corrected chi connectivity index (χ3v) is 4.58. The van der Waals surface area contributed by atoms with Gasteiger partial charge in [0, 0.05) is 17.7 Å². The zero-order valence-corrected chi connectivity index (χ0v) is 16.0. The molecular weight excluding hydrogens is 390 g/mol. The number of H-pyrrole nitrogens is 1. The minimum Gasteiger partial charge on any atom is -0.457 e. The van der Waals surface area contributed by atoms with Crippen LogP contribution in [0.1, 0.15) is 12.8 Å². The molecule has 7 nitrogen and oxygen atoms in total. The molecule has 5 rings (SSSR count). The Labute approximate surface area is 171 Å². The molecule has 30 heavy (non-hydrogen) atoms. The highest BCUT2D eigenvalue weighted by atomic mass is 19.1. The Kier molecular flexibility index (Phi) is 5.80. The third-order valence-electron chi connectivity index (χ3n) is 4.58. The Morgan fingerprint density at radius 1 is 0.967 bits per heavy atom. The van der Waals surface area contributed by atoms with Crippen molar-refractivity contribution in [3.63, 3.8) is 0 Å². The summed E-state index contributed by atoms with van der Waals surface area (Å²) in [6, 6.07) is 9.88. The van der Waals surface area contributed by atoms with Gasteiger partial charge in [0.15, 0.2) is 5.65 Å². The topological polar surface area (TPSA) is 102 Å². The Morgan fingerprint density at radius 3 is 2.47 bits per heavy atom. The fourth-order valence-corrected chi connectivity index (χ4v) is 3.13. The molecule has 0 saturated carbocycles. The zero-order valence-electron chi connectivity index (χ0n) is 16.0. The molecule has 0 bridgehead atoms. The van der Waals surface area contributed by atoms with Gasteiger partial charge in [-0.05, 0) is 50.2 Å². The summed E-state index contributed by atoms with van der Waals surface area (Å²) in [5.74, 6) is -0.276. The van der Waals surface area contributed by atoms with E-state index in [4.69, 9.17) is 10.5 Å². The van der Waals surface area contributed by atoms with Crippen LogP contribution < -0.4 is 15.8 Å². The highest BCUT2D eigenvalue weighted by Crippen LogP contribution is 2.33. The van der Waals surface area contributed by atoms with Gasteiger partial charge in [-0.15, -0.1) is 0 Å². The number of hydrogen-bond donors (Lipinski definition) is 3. The van der Waals surface area contributed by atoms with Crippen molar-refractivity contribution in [2.45, 2.75) is 12.8 Å². The monoisotopic (exact) mass is 410 g/mol. The number of aromatic amines is 1. The minimum atomic E-state index is -0.553. The van der Waals surface area contributed by atoms with E-state index in [0.29, 0.717) is 16.7 Å². The lowest BCUT2D eigenvalue weighted by Crippen LogP contribution is -2.03. The predicted octanol–water partition coefficient (Wildman–Crippen LogP) is 4.04. The van der Waals surface area contributed by atoms with Crippen molar-refractivity contribution in [3.8, 4) is 22.8 Å².